The second-order valence-electron chi connectivity index (χ2n) is 4.25. The summed E-state index contributed by atoms with van der Waals surface area (Å²) in [5, 5.41) is 6.87. The highest BCUT2D eigenvalue weighted by molar-refractivity contribution is 6.04. The Labute approximate surface area is 104 Å². The number of aryl methyl sites for hydroxylation is 1. The number of nitrogens with zero attached hydrogens (tertiary/aromatic N) is 2. The normalized spacial score (nSPS) is 12.9. The minimum Gasteiger partial charge on any atom is -0.493 e. The Morgan fingerprint density at radius 1 is 1.44 bits per heavy atom. The zero-order valence-corrected chi connectivity index (χ0v) is 10.0. The molecule has 0 aliphatic carbocycles. The van der Waals surface area contributed by atoms with Gasteiger partial charge in [0.1, 0.15) is 5.75 Å². The largest absolute Gasteiger partial charge is 0.493 e. The summed E-state index contributed by atoms with van der Waals surface area (Å²) in [7, 11) is 1.81. The maximum atomic E-state index is 12.0. The average molecular weight is 243 g/mol. The zero-order valence-electron chi connectivity index (χ0n) is 10.0. The van der Waals surface area contributed by atoms with Gasteiger partial charge in [0.05, 0.1) is 6.61 Å². The van der Waals surface area contributed by atoms with Crippen molar-refractivity contribution in [2.45, 2.75) is 6.42 Å². The van der Waals surface area contributed by atoms with E-state index < -0.39 is 0 Å². The highest BCUT2D eigenvalue weighted by Crippen LogP contribution is 2.26. The van der Waals surface area contributed by atoms with Gasteiger partial charge in [0.25, 0.3) is 5.91 Å². The molecule has 0 bridgehead atoms. The first kappa shape index (κ1) is 10.8. The Kier molecular flexibility index (Phi) is 2.51. The van der Waals surface area contributed by atoms with Gasteiger partial charge >= 0.3 is 0 Å². The van der Waals surface area contributed by atoms with Crippen LogP contribution in [0.5, 0.6) is 5.75 Å². The van der Waals surface area contributed by atoms with E-state index in [9.17, 15) is 4.79 Å². The molecular formula is C13H13N3O2. The molecule has 1 aromatic heterocycles. The van der Waals surface area contributed by atoms with Crippen molar-refractivity contribution < 1.29 is 9.53 Å². The van der Waals surface area contributed by atoms with Crippen molar-refractivity contribution in [2.75, 3.05) is 11.9 Å². The van der Waals surface area contributed by atoms with Crippen molar-refractivity contribution in [1.82, 2.24) is 9.78 Å². The Morgan fingerprint density at radius 3 is 3.11 bits per heavy atom. The molecule has 0 spiro atoms. The molecule has 1 aromatic carbocycles. The van der Waals surface area contributed by atoms with Gasteiger partial charge in [0.2, 0.25) is 0 Å². The van der Waals surface area contributed by atoms with Crippen LogP contribution in [0.25, 0.3) is 0 Å². The number of anilines is 1. The molecule has 5 heteroatoms. The summed E-state index contributed by atoms with van der Waals surface area (Å²) in [6.07, 6.45) is 2.65. The number of carbonyl (C=O) groups excluding carboxylic acids is 1. The Morgan fingerprint density at radius 2 is 2.33 bits per heavy atom. The fourth-order valence-corrected chi connectivity index (χ4v) is 2.00. The van der Waals surface area contributed by atoms with Gasteiger partial charge in [0, 0.05) is 31.3 Å². The highest BCUT2D eigenvalue weighted by Gasteiger charge is 2.15. The van der Waals surface area contributed by atoms with Crippen LogP contribution in [0.2, 0.25) is 0 Å². The monoisotopic (exact) mass is 243 g/mol. The zero-order chi connectivity index (χ0) is 12.5. The van der Waals surface area contributed by atoms with Crippen LogP contribution in [0.1, 0.15) is 15.9 Å². The second kappa shape index (κ2) is 4.18. The molecule has 0 radical (unpaired) electrons. The number of aromatic nitrogens is 2. The molecule has 5 nitrogen and oxygen atoms in total. The van der Waals surface area contributed by atoms with Gasteiger partial charge in [-0.15, -0.1) is 0 Å². The predicted molar refractivity (Wildman–Crippen MR) is 66.8 cm³/mol. The minimum absolute atomic E-state index is 0.150. The molecule has 0 saturated heterocycles. The standard InChI is InChI=1S/C13H13N3O2/c1-16-6-4-12(15-16)14-13(17)10-2-3-11-9(8-10)5-7-18-11/h2-4,6,8H,5,7H2,1H3,(H,14,15,17). The third-order valence-corrected chi connectivity index (χ3v) is 2.91. The molecule has 0 unspecified atom stereocenters. The number of ether oxygens (including phenoxy) is 1. The smallest absolute Gasteiger partial charge is 0.256 e. The highest BCUT2D eigenvalue weighted by atomic mass is 16.5. The van der Waals surface area contributed by atoms with E-state index in [1.54, 1.807) is 23.0 Å². The van der Waals surface area contributed by atoms with Crippen LogP contribution in [0.3, 0.4) is 0 Å². The molecule has 1 aliphatic rings. The molecule has 0 fully saturated rings. The summed E-state index contributed by atoms with van der Waals surface area (Å²) < 4.78 is 7.05. The number of hydrogen-bond acceptors (Lipinski definition) is 3. The molecule has 3 rings (SSSR count). The molecule has 2 aromatic rings. The molecule has 2 heterocycles. The van der Waals surface area contributed by atoms with Crippen LogP contribution in [-0.4, -0.2) is 22.3 Å². The van der Waals surface area contributed by atoms with Gasteiger partial charge in [-0.2, -0.15) is 5.10 Å². The Bertz CT molecular complexity index is 604. The third kappa shape index (κ3) is 1.95. The first-order valence-corrected chi connectivity index (χ1v) is 5.79. The van der Waals surface area contributed by atoms with Crippen molar-refractivity contribution in [2.24, 2.45) is 7.05 Å². The topological polar surface area (TPSA) is 56.2 Å². The average Bonchev–Trinajstić information content (AvgIpc) is 2.96. The van der Waals surface area contributed by atoms with E-state index in [1.807, 2.05) is 19.2 Å². The SMILES string of the molecule is Cn1ccc(NC(=O)c2ccc3c(c2)CCO3)n1. The van der Waals surface area contributed by atoms with E-state index in [1.165, 1.54) is 0 Å². The summed E-state index contributed by atoms with van der Waals surface area (Å²) >= 11 is 0. The molecule has 1 aliphatic heterocycles. The van der Waals surface area contributed by atoms with Crippen molar-refractivity contribution in [1.29, 1.82) is 0 Å². The molecule has 92 valence electrons. The van der Waals surface area contributed by atoms with E-state index in [0.717, 1.165) is 17.7 Å². The fourth-order valence-electron chi connectivity index (χ4n) is 2.00. The van der Waals surface area contributed by atoms with Gasteiger partial charge in [0.15, 0.2) is 5.82 Å². The van der Waals surface area contributed by atoms with Crippen molar-refractivity contribution in [3.63, 3.8) is 0 Å². The number of carbonyl (C=O) groups is 1. The van der Waals surface area contributed by atoms with E-state index in [4.69, 9.17) is 4.74 Å². The van der Waals surface area contributed by atoms with Gasteiger partial charge < -0.3 is 10.1 Å². The summed E-state index contributed by atoms with van der Waals surface area (Å²) in [5.74, 6) is 1.28. The second-order valence-corrected chi connectivity index (χ2v) is 4.25. The van der Waals surface area contributed by atoms with Crippen molar-refractivity contribution in [3.8, 4) is 5.75 Å². The van der Waals surface area contributed by atoms with Crippen molar-refractivity contribution in [3.05, 3.63) is 41.6 Å². The summed E-state index contributed by atoms with van der Waals surface area (Å²) in [5.41, 5.74) is 1.72. The summed E-state index contributed by atoms with van der Waals surface area (Å²) in [6.45, 7) is 0.695. The molecular weight excluding hydrogens is 230 g/mol. The van der Waals surface area contributed by atoms with E-state index >= 15 is 0 Å². The number of fused-ring (bicyclic) bond motifs is 1. The first-order valence-electron chi connectivity index (χ1n) is 5.79. The predicted octanol–water partition coefficient (Wildman–Crippen LogP) is 1.61. The summed E-state index contributed by atoms with van der Waals surface area (Å²) in [6, 6.07) is 7.24. The van der Waals surface area contributed by atoms with Crippen LogP contribution in [0.15, 0.2) is 30.5 Å². The van der Waals surface area contributed by atoms with Crippen LogP contribution < -0.4 is 10.1 Å². The molecule has 0 atom stereocenters. The molecule has 1 N–H and O–H groups in total. The molecule has 0 saturated carbocycles. The lowest BCUT2D eigenvalue weighted by Crippen LogP contribution is -2.12. The number of rotatable bonds is 2. The fraction of sp³-hybridized carbons (Fsp3) is 0.231. The Hall–Kier alpha value is -2.30. The molecule has 1 amide bonds. The van der Waals surface area contributed by atoms with Gasteiger partial charge in [-0.3, -0.25) is 9.48 Å². The van der Waals surface area contributed by atoms with Crippen LogP contribution in [0.4, 0.5) is 5.82 Å². The lowest BCUT2D eigenvalue weighted by atomic mass is 10.1. The minimum atomic E-state index is -0.150. The lowest BCUT2D eigenvalue weighted by molar-refractivity contribution is 0.102. The van der Waals surface area contributed by atoms with Gasteiger partial charge in [-0.05, 0) is 23.8 Å². The van der Waals surface area contributed by atoms with Gasteiger partial charge in [-0.1, -0.05) is 0 Å². The number of hydrogen-bond donors (Lipinski definition) is 1. The number of nitrogens with one attached hydrogen (secondary N) is 1. The van der Waals surface area contributed by atoms with Crippen molar-refractivity contribution >= 4 is 11.7 Å². The Balaban J connectivity index is 1.80. The van der Waals surface area contributed by atoms with E-state index in [2.05, 4.69) is 10.4 Å². The number of benzene rings is 1. The van der Waals surface area contributed by atoms with Crippen LogP contribution >= 0.6 is 0 Å². The quantitative estimate of drug-likeness (QED) is 0.871. The maximum absolute atomic E-state index is 12.0. The number of amides is 1. The van der Waals surface area contributed by atoms with Gasteiger partial charge in [-0.25, -0.2) is 0 Å². The molecule has 18 heavy (non-hydrogen) atoms. The lowest BCUT2D eigenvalue weighted by Gasteiger charge is -2.04. The first-order chi connectivity index (χ1) is 8.72. The summed E-state index contributed by atoms with van der Waals surface area (Å²) in [4.78, 5) is 12.0. The van der Waals surface area contributed by atoms with E-state index in [0.29, 0.717) is 18.0 Å². The maximum Gasteiger partial charge on any atom is 0.256 e. The van der Waals surface area contributed by atoms with E-state index in [-0.39, 0.29) is 5.91 Å². The van der Waals surface area contributed by atoms with Crippen LogP contribution in [0, 0.1) is 0 Å². The van der Waals surface area contributed by atoms with Crippen LogP contribution in [-0.2, 0) is 13.5 Å². The third-order valence-electron chi connectivity index (χ3n) is 2.91.